The predicted molar refractivity (Wildman–Crippen MR) is 96.0 cm³/mol. The van der Waals surface area contributed by atoms with Crippen molar-refractivity contribution in [2.45, 2.75) is 50.7 Å². The fourth-order valence-electron chi connectivity index (χ4n) is 4.58. The Morgan fingerprint density at radius 3 is 2.57 bits per heavy atom. The average Bonchev–Trinajstić information content (AvgIpc) is 3.09. The van der Waals surface area contributed by atoms with Crippen LogP contribution in [0.1, 0.15) is 50.8 Å². The van der Waals surface area contributed by atoms with E-state index < -0.39 is 8.07 Å². The van der Waals surface area contributed by atoms with E-state index in [0.29, 0.717) is 10.6 Å². The molecule has 0 nitrogen and oxygen atoms in total. The first-order valence-electron chi connectivity index (χ1n) is 8.14. The lowest BCUT2D eigenvalue weighted by molar-refractivity contribution is 0.695. The van der Waals surface area contributed by atoms with Gasteiger partial charge in [-0.2, -0.15) is 0 Å². The van der Waals surface area contributed by atoms with Crippen molar-refractivity contribution < 1.29 is 0 Å². The average molecular weight is 295 g/mol. The molecule has 0 bridgehead atoms. The Hall–Kier alpha value is -1.34. The van der Waals surface area contributed by atoms with E-state index in [1.807, 2.05) is 0 Å². The quantitative estimate of drug-likeness (QED) is 0.597. The topological polar surface area (TPSA) is 0 Å². The highest BCUT2D eigenvalue weighted by Crippen LogP contribution is 2.55. The largest absolute Gasteiger partial charge is 0.0981 e. The predicted octanol–water partition coefficient (Wildman–Crippen LogP) is 6.03. The van der Waals surface area contributed by atoms with Crippen molar-refractivity contribution in [1.82, 2.24) is 0 Å². The van der Waals surface area contributed by atoms with Crippen LogP contribution in [-0.4, -0.2) is 8.07 Å². The molecule has 21 heavy (non-hydrogen) atoms. The first kappa shape index (κ1) is 14.6. The molecule has 0 saturated carbocycles. The van der Waals surface area contributed by atoms with Crippen LogP contribution in [0, 0.1) is 0 Å². The minimum Gasteiger partial charge on any atom is -0.0809 e. The van der Waals surface area contributed by atoms with Gasteiger partial charge < -0.3 is 0 Å². The van der Waals surface area contributed by atoms with Crippen molar-refractivity contribution in [3.63, 3.8) is 0 Å². The smallest absolute Gasteiger partial charge is 0.0809 e. The lowest BCUT2D eigenvalue weighted by Gasteiger charge is -2.48. The summed E-state index contributed by atoms with van der Waals surface area (Å²) >= 11 is 0. The Labute approximate surface area is 130 Å². The van der Waals surface area contributed by atoms with Gasteiger partial charge in [-0.15, -0.1) is 0 Å². The maximum absolute atomic E-state index is 2.50. The summed E-state index contributed by atoms with van der Waals surface area (Å²) in [5.41, 5.74) is 3.63. The van der Waals surface area contributed by atoms with Gasteiger partial charge in [0.1, 0.15) is 0 Å². The van der Waals surface area contributed by atoms with Crippen LogP contribution >= 0.6 is 0 Å². The maximum Gasteiger partial charge on any atom is 0.0981 e. The Balaban J connectivity index is 2.16. The number of hydrogen-bond donors (Lipinski definition) is 0. The highest BCUT2D eigenvalue weighted by molar-refractivity contribution is 6.90. The number of fused-ring (bicyclic) bond motifs is 1. The second-order valence-corrected chi connectivity index (χ2v) is 12.8. The maximum atomic E-state index is 2.50. The number of rotatable bonds is 3. The SMILES string of the molecule is CC[Si](C1=CC=CC1)(C1C=Cc2ccccc21)C(C)(C)C. The minimum absolute atomic E-state index is 0.367. The molecule has 2 unspecified atom stereocenters. The second-order valence-electron chi connectivity index (χ2n) is 7.36. The van der Waals surface area contributed by atoms with Gasteiger partial charge in [0.15, 0.2) is 0 Å². The molecule has 0 saturated heterocycles. The Morgan fingerprint density at radius 1 is 1.19 bits per heavy atom. The third kappa shape index (κ3) is 2.10. The Kier molecular flexibility index (Phi) is 3.57. The zero-order valence-corrected chi connectivity index (χ0v) is 14.7. The van der Waals surface area contributed by atoms with Crippen molar-refractivity contribution in [2.24, 2.45) is 0 Å². The van der Waals surface area contributed by atoms with E-state index in [2.05, 4.69) is 82.3 Å². The zero-order valence-electron chi connectivity index (χ0n) is 13.7. The van der Waals surface area contributed by atoms with Crippen LogP contribution < -0.4 is 0 Å². The van der Waals surface area contributed by atoms with Crippen molar-refractivity contribution >= 4 is 14.1 Å². The van der Waals surface area contributed by atoms with Crippen LogP contribution in [0.15, 0.2) is 53.8 Å². The highest BCUT2D eigenvalue weighted by Gasteiger charge is 2.51. The third-order valence-corrected chi connectivity index (χ3v) is 12.4. The molecule has 0 aromatic heterocycles. The molecule has 110 valence electrons. The highest BCUT2D eigenvalue weighted by atomic mass is 28.3. The van der Waals surface area contributed by atoms with Gasteiger partial charge in [-0.1, -0.05) is 93.6 Å². The molecule has 3 rings (SSSR count). The Bertz CT molecular complexity index is 627. The molecule has 0 amide bonds. The summed E-state index contributed by atoms with van der Waals surface area (Å²) in [6, 6.07) is 10.3. The van der Waals surface area contributed by atoms with E-state index in [4.69, 9.17) is 0 Å². The van der Waals surface area contributed by atoms with Gasteiger partial charge in [-0.3, -0.25) is 0 Å². The molecule has 0 heterocycles. The summed E-state index contributed by atoms with van der Waals surface area (Å²) < 4.78 is 0. The van der Waals surface area contributed by atoms with Gasteiger partial charge in [0.05, 0.1) is 8.07 Å². The van der Waals surface area contributed by atoms with Crippen LogP contribution in [-0.2, 0) is 0 Å². The van der Waals surface area contributed by atoms with E-state index in [0.717, 1.165) is 0 Å². The molecule has 2 atom stereocenters. The van der Waals surface area contributed by atoms with E-state index in [-0.39, 0.29) is 0 Å². The van der Waals surface area contributed by atoms with Crippen molar-refractivity contribution in [3.05, 3.63) is 64.9 Å². The minimum atomic E-state index is -1.64. The number of benzene rings is 1. The summed E-state index contributed by atoms with van der Waals surface area (Å²) in [4.78, 5) is 0. The van der Waals surface area contributed by atoms with E-state index >= 15 is 0 Å². The summed E-state index contributed by atoms with van der Waals surface area (Å²) in [5.74, 6) is 0. The van der Waals surface area contributed by atoms with Gasteiger partial charge in [-0.05, 0) is 22.6 Å². The standard InChI is InChI=1S/C20H26Si/c1-5-21(20(2,3)4,17-11-7-8-12-17)19-15-14-16-10-6-9-13-18(16)19/h6-11,13-15,19H,5,12H2,1-4H3. The molecule has 0 N–H and O–H groups in total. The summed E-state index contributed by atoms with van der Waals surface area (Å²) in [6.07, 6.45) is 13.1. The first-order valence-corrected chi connectivity index (χ1v) is 10.4. The lowest BCUT2D eigenvalue weighted by Crippen LogP contribution is -2.50. The van der Waals surface area contributed by atoms with Crippen LogP contribution in [0.2, 0.25) is 11.1 Å². The zero-order chi connectivity index (χ0) is 15.1. The summed E-state index contributed by atoms with van der Waals surface area (Å²) in [5, 5.41) is 2.11. The van der Waals surface area contributed by atoms with Crippen molar-refractivity contribution in [3.8, 4) is 0 Å². The molecule has 2 aliphatic carbocycles. The molecular formula is C20H26Si. The van der Waals surface area contributed by atoms with E-state index in [1.54, 1.807) is 10.8 Å². The van der Waals surface area contributed by atoms with Gasteiger partial charge >= 0.3 is 0 Å². The van der Waals surface area contributed by atoms with Crippen molar-refractivity contribution in [2.75, 3.05) is 0 Å². The van der Waals surface area contributed by atoms with Crippen LogP contribution in [0.4, 0.5) is 0 Å². The first-order chi connectivity index (χ1) is 10.0. The fourth-order valence-corrected chi connectivity index (χ4v) is 10.9. The van der Waals surface area contributed by atoms with Gasteiger partial charge in [0.25, 0.3) is 0 Å². The Morgan fingerprint density at radius 2 is 1.95 bits per heavy atom. The van der Waals surface area contributed by atoms with Crippen LogP contribution in [0.5, 0.6) is 0 Å². The normalized spacial score (nSPS) is 23.0. The molecular weight excluding hydrogens is 268 g/mol. The van der Waals surface area contributed by atoms with Gasteiger partial charge in [0.2, 0.25) is 0 Å². The second kappa shape index (κ2) is 5.13. The third-order valence-electron chi connectivity index (χ3n) is 5.57. The monoisotopic (exact) mass is 294 g/mol. The van der Waals surface area contributed by atoms with Crippen LogP contribution in [0.3, 0.4) is 0 Å². The lowest BCUT2D eigenvalue weighted by atomic mass is 10.1. The summed E-state index contributed by atoms with van der Waals surface area (Å²) in [7, 11) is -1.64. The summed E-state index contributed by atoms with van der Waals surface area (Å²) in [6.45, 7) is 9.83. The number of allylic oxidation sites excluding steroid dienone is 5. The van der Waals surface area contributed by atoms with Gasteiger partial charge in [0, 0.05) is 5.54 Å². The fraction of sp³-hybridized carbons (Fsp3) is 0.400. The van der Waals surface area contributed by atoms with E-state index in [1.165, 1.54) is 18.0 Å². The molecule has 0 radical (unpaired) electrons. The molecule has 2 aliphatic rings. The molecule has 1 heteroatoms. The molecule has 0 spiro atoms. The van der Waals surface area contributed by atoms with E-state index in [9.17, 15) is 0 Å². The number of hydrogen-bond acceptors (Lipinski definition) is 0. The molecule has 1 aromatic carbocycles. The van der Waals surface area contributed by atoms with Gasteiger partial charge in [-0.25, -0.2) is 0 Å². The molecule has 1 aromatic rings. The van der Waals surface area contributed by atoms with Crippen LogP contribution in [0.25, 0.3) is 6.08 Å². The van der Waals surface area contributed by atoms with Crippen molar-refractivity contribution in [1.29, 1.82) is 0 Å². The molecule has 0 fully saturated rings. The molecule has 0 aliphatic heterocycles.